The predicted octanol–water partition coefficient (Wildman–Crippen LogP) is 3.55. The topological polar surface area (TPSA) is 70.7 Å². The number of rotatable bonds is 4. The summed E-state index contributed by atoms with van der Waals surface area (Å²) >= 11 is 0. The Kier molecular flexibility index (Phi) is 3.96. The molecule has 0 aliphatic heterocycles. The van der Waals surface area contributed by atoms with Gasteiger partial charge in [0.1, 0.15) is 5.69 Å². The highest BCUT2D eigenvalue weighted by Gasteiger charge is 2.15. The minimum absolute atomic E-state index is 0.203. The van der Waals surface area contributed by atoms with Crippen molar-refractivity contribution in [2.24, 2.45) is 0 Å². The summed E-state index contributed by atoms with van der Waals surface area (Å²) in [6.45, 7) is 0.413. The lowest BCUT2D eigenvalue weighted by molar-refractivity contribution is 0.0948. The number of hydrogen-bond donors (Lipinski definition) is 2. The third-order valence-corrected chi connectivity index (χ3v) is 4.01. The number of H-pyrrole nitrogens is 1. The number of fused-ring (bicyclic) bond motifs is 1. The average Bonchev–Trinajstić information content (AvgIpc) is 3.15. The van der Waals surface area contributed by atoms with Crippen molar-refractivity contribution in [3.63, 3.8) is 0 Å². The zero-order valence-electron chi connectivity index (χ0n) is 13.4. The lowest BCUT2D eigenvalue weighted by Gasteiger charge is -2.08. The fourth-order valence-corrected chi connectivity index (χ4v) is 2.76. The number of aromatic amines is 1. The number of aromatic nitrogens is 3. The highest BCUT2D eigenvalue weighted by Crippen LogP contribution is 2.24. The molecule has 25 heavy (non-hydrogen) atoms. The van der Waals surface area contributed by atoms with Gasteiger partial charge in [0.05, 0.1) is 5.69 Å². The molecule has 0 radical (unpaired) electrons. The van der Waals surface area contributed by atoms with Crippen molar-refractivity contribution in [3.05, 3.63) is 84.4 Å². The van der Waals surface area contributed by atoms with Crippen LogP contribution in [0.2, 0.25) is 0 Å². The first-order valence-corrected chi connectivity index (χ1v) is 8.02. The molecule has 5 nitrogen and oxygen atoms in total. The molecule has 0 aliphatic carbocycles. The number of nitrogens with zero attached hydrogens (tertiary/aromatic N) is 2. The standard InChI is InChI=1S/C20H16N4O/c25-20(23-13-14-5-4-9-21-12-14)19-16-8-10-22-18(16)11-17(24-19)15-6-2-1-3-7-15/h1-12,22H,13H2,(H,23,25). The fourth-order valence-electron chi connectivity index (χ4n) is 2.76. The van der Waals surface area contributed by atoms with Crippen LogP contribution >= 0.6 is 0 Å². The summed E-state index contributed by atoms with van der Waals surface area (Å²) in [5.41, 5.74) is 3.99. The van der Waals surface area contributed by atoms with Crippen molar-refractivity contribution in [2.75, 3.05) is 0 Å². The first-order valence-electron chi connectivity index (χ1n) is 8.02. The van der Waals surface area contributed by atoms with E-state index >= 15 is 0 Å². The summed E-state index contributed by atoms with van der Waals surface area (Å²) in [4.78, 5) is 24.5. The molecule has 4 aromatic rings. The minimum atomic E-state index is -0.203. The molecule has 3 aromatic heterocycles. The number of pyridine rings is 2. The van der Waals surface area contributed by atoms with Gasteiger partial charge in [0.25, 0.3) is 5.91 Å². The van der Waals surface area contributed by atoms with E-state index in [1.54, 1.807) is 12.4 Å². The summed E-state index contributed by atoms with van der Waals surface area (Å²) in [5.74, 6) is -0.203. The summed E-state index contributed by atoms with van der Waals surface area (Å²) < 4.78 is 0. The van der Waals surface area contributed by atoms with Crippen LogP contribution in [-0.4, -0.2) is 20.9 Å². The molecule has 0 unspecified atom stereocenters. The van der Waals surface area contributed by atoms with E-state index in [0.29, 0.717) is 12.2 Å². The molecular formula is C20H16N4O. The zero-order chi connectivity index (χ0) is 17.1. The van der Waals surface area contributed by atoms with Gasteiger partial charge in [0.2, 0.25) is 0 Å². The van der Waals surface area contributed by atoms with E-state index in [1.165, 1.54) is 0 Å². The molecule has 3 heterocycles. The van der Waals surface area contributed by atoms with Crippen molar-refractivity contribution in [3.8, 4) is 11.3 Å². The Hall–Kier alpha value is -3.47. The number of benzene rings is 1. The number of hydrogen-bond acceptors (Lipinski definition) is 3. The van der Waals surface area contributed by atoms with Gasteiger partial charge in [-0.25, -0.2) is 4.98 Å². The molecule has 122 valence electrons. The number of amides is 1. The molecule has 0 fully saturated rings. The van der Waals surface area contributed by atoms with Crippen LogP contribution in [0, 0.1) is 0 Å². The number of nitrogens with one attached hydrogen (secondary N) is 2. The van der Waals surface area contributed by atoms with Crippen LogP contribution < -0.4 is 5.32 Å². The molecule has 0 spiro atoms. The Labute approximate surface area is 144 Å². The smallest absolute Gasteiger partial charge is 0.270 e. The van der Waals surface area contributed by atoms with Gasteiger partial charge in [0, 0.05) is 41.6 Å². The quantitative estimate of drug-likeness (QED) is 0.602. The Balaban J connectivity index is 1.68. The van der Waals surface area contributed by atoms with Gasteiger partial charge >= 0.3 is 0 Å². The number of carbonyl (C=O) groups excluding carboxylic acids is 1. The van der Waals surface area contributed by atoms with Crippen molar-refractivity contribution >= 4 is 16.8 Å². The highest BCUT2D eigenvalue weighted by atomic mass is 16.1. The van der Waals surface area contributed by atoms with E-state index in [1.807, 2.05) is 60.8 Å². The van der Waals surface area contributed by atoms with Gasteiger partial charge in [-0.1, -0.05) is 36.4 Å². The van der Waals surface area contributed by atoms with E-state index in [-0.39, 0.29) is 5.91 Å². The molecule has 5 heteroatoms. The van der Waals surface area contributed by atoms with Crippen LogP contribution in [-0.2, 0) is 6.54 Å². The molecular weight excluding hydrogens is 312 g/mol. The van der Waals surface area contributed by atoms with Crippen LogP contribution in [0.4, 0.5) is 0 Å². The second kappa shape index (κ2) is 6.57. The summed E-state index contributed by atoms with van der Waals surface area (Å²) in [7, 11) is 0. The fraction of sp³-hybridized carbons (Fsp3) is 0.0500. The van der Waals surface area contributed by atoms with Gasteiger partial charge in [0.15, 0.2) is 0 Å². The largest absolute Gasteiger partial charge is 0.361 e. The van der Waals surface area contributed by atoms with Crippen molar-refractivity contribution < 1.29 is 4.79 Å². The maximum atomic E-state index is 12.7. The second-order valence-electron chi connectivity index (χ2n) is 5.70. The average molecular weight is 328 g/mol. The molecule has 2 N–H and O–H groups in total. The van der Waals surface area contributed by atoms with Crippen LogP contribution in [0.15, 0.2) is 73.2 Å². The van der Waals surface area contributed by atoms with E-state index in [4.69, 9.17) is 0 Å². The maximum Gasteiger partial charge on any atom is 0.270 e. The minimum Gasteiger partial charge on any atom is -0.361 e. The lowest BCUT2D eigenvalue weighted by Crippen LogP contribution is -2.24. The van der Waals surface area contributed by atoms with E-state index in [0.717, 1.165) is 27.7 Å². The van der Waals surface area contributed by atoms with Gasteiger partial charge in [-0.05, 0) is 23.8 Å². The van der Waals surface area contributed by atoms with Gasteiger partial charge in [-0.15, -0.1) is 0 Å². The summed E-state index contributed by atoms with van der Waals surface area (Å²) in [6, 6.07) is 17.4. The zero-order valence-corrected chi connectivity index (χ0v) is 13.4. The number of carbonyl (C=O) groups is 1. The summed E-state index contributed by atoms with van der Waals surface area (Å²) in [6.07, 6.45) is 5.26. The third-order valence-electron chi connectivity index (χ3n) is 4.01. The molecule has 0 aliphatic rings. The Morgan fingerprint density at radius 2 is 1.96 bits per heavy atom. The van der Waals surface area contributed by atoms with E-state index in [2.05, 4.69) is 20.3 Å². The Bertz CT molecular complexity index is 1010. The second-order valence-corrected chi connectivity index (χ2v) is 5.70. The third kappa shape index (κ3) is 3.12. The first kappa shape index (κ1) is 15.1. The van der Waals surface area contributed by atoms with Gasteiger partial charge in [-0.3, -0.25) is 9.78 Å². The molecule has 1 amide bonds. The molecule has 1 aromatic carbocycles. The molecule has 0 saturated carbocycles. The highest BCUT2D eigenvalue weighted by molar-refractivity contribution is 6.05. The molecule has 0 bridgehead atoms. The van der Waals surface area contributed by atoms with E-state index in [9.17, 15) is 4.79 Å². The first-order chi connectivity index (χ1) is 12.3. The predicted molar refractivity (Wildman–Crippen MR) is 96.9 cm³/mol. The normalized spacial score (nSPS) is 10.7. The van der Waals surface area contributed by atoms with Crippen LogP contribution in [0.1, 0.15) is 16.1 Å². The summed E-state index contributed by atoms with van der Waals surface area (Å²) in [5, 5.41) is 3.73. The SMILES string of the molecule is O=C(NCc1cccnc1)c1nc(-c2ccccc2)cc2[nH]ccc12. The van der Waals surface area contributed by atoms with Crippen molar-refractivity contribution in [2.45, 2.75) is 6.54 Å². The maximum absolute atomic E-state index is 12.7. The van der Waals surface area contributed by atoms with Crippen LogP contribution in [0.25, 0.3) is 22.2 Å². The van der Waals surface area contributed by atoms with Crippen molar-refractivity contribution in [1.29, 1.82) is 0 Å². The lowest BCUT2D eigenvalue weighted by atomic mass is 10.1. The van der Waals surface area contributed by atoms with Crippen LogP contribution in [0.5, 0.6) is 0 Å². The Morgan fingerprint density at radius 1 is 1.08 bits per heavy atom. The van der Waals surface area contributed by atoms with Gasteiger partial charge in [-0.2, -0.15) is 0 Å². The Morgan fingerprint density at radius 3 is 2.76 bits per heavy atom. The van der Waals surface area contributed by atoms with Crippen molar-refractivity contribution in [1.82, 2.24) is 20.3 Å². The molecule has 0 saturated heterocycles. The van der Waals surface area contributed by atoms with E-state index < -0.39 is 0 Å². The molecule has 0 atom stereocenters. The molecule has 4 rings (SSSR count). The van der Waals surface area contributed by atoms with Gasteiger partial charge < -0.3 is 10.3 Å². The van der Waals surface area contributed by atoms with Crippen LogP contribution in [0.3, 0.4) is 0 Å². The monoisotopic (exact) mass is 328 g/mol.